The molecule has 0 unspecified atom stereocenters. The number of hydrogen-bond donors (Lipinski definition) is 1. The molecule has 2 amide bonds. The highest BCUT2D eigenvalue weighted by atomic mass is 32.2. The van der Waals surface area contributed by atoms with Crippen LogP contribution in [0.4, 0.5) is 10.5 Å². The second-order valence-corrected chi connectivity index (χ2v) is 6.09. The number of aromatic hydroxyl groups is 1. The molecule has 1 aliphatic heterocycles. The Kier molecular flexibility index (Phi) is 5.50. The molecule has 0 spiro atoms. The number of nitro groups is 1. The number of esters is 1. The lowest BCUT2D eigenvalue weighted by Gasteiger charge is -2.18. The zero-order valence-corrected chi connectivity index (χ0v) is 14.7. The molecule has 1 aromatic carbocycles. The van der Waals surface area contributed by atoms with Gasteiger partial charge in [-0.3, -0.25) is 24.6 Å². The first kappa shape index (κ1) is 19.2. The van der Waals surface area contributed by atoms with Crippen LogP contribution in [0.2, 0.25) is 0 Å². The maximum atomic E-state index is 12.4. The highest BCUT2D eigenvalue weighted by Crippen LogP contribution is 2.39. The van der Waals surface area contributed by atoms with Crippen LogP contribution in [-0.4, -0.2) is 52.3 Å². The Morgan fingerprint density at radius 2 is 2.04 bits per heavy atom. The van der Waals surface area contributed by atoms with Gasteiger partial charge < -0.3 is 14.6 Å². The van der Waals surface area contributed by atoms with Gasteiger partial charge in [-0.05, 0) is 36.4 Å². The number of benzene rings is 1. The quantitative estimate of drug-likeness (QED) is 0.350. The van der Waals surface area contributed by atoms with E-state index in [9.17, 15) is 29.6 Å². The molecule has 1 fully saturated rings. The summed E-state index contributed by atoms with van der Waals surface area (Å²) in [5, 5.41) is 20.1. The molecule has 138 valence electrons. The van der Waals surface area contributed by atoms with Crippen molar-refractivity contribution in [1.29, 1.82) is 0 Å². The number of methoxy groups -OCH3 is 2. The zero-order valence-electron chi connectivity index (χ0n) is 13.9. The van der Waals surface area contributed by atoms with E-state index in [1.54, 1.807) is 0 Å². The molecule has 2 rings (SSSR count). The summed E-state index contributed by atoms with van der Waals surface area (Å²) in [7, 11) is 2.35. The van der Waals surface area contributed by atoms with Crippen molar-refractivity contribution in [3.05, 3.63) is 32.7 Å². The van der Waals surface area contributed by atoms with Gasteiger partial charge in [0.05, 0.1) is 24.0 Å². The molecule has 1 aromatic rings. The molecule has 0 aromatic heterocycles. The summed E-state index contributed by atoms with van der Waals surface area (Å²) in [6.07, 6.45) is 1.24. The molecule has 0 bridgehead atoms. The van der Waals surface area contributed by atoms with E-state index in [2.05, 4.69) is 4.74 Å². The van der Waals surface area contributed by atoms with Crippen LogP contribution in [-0.2, 0) is 14.3 Å². The Morgan fingerprint density at radius 1 is 1.38 bits per heavy atom. The fourth-order valence-electron chi connectivity index (χ4n) is 2.23. The predicted octanol–water partition coefficient (Wildman–Crippen LogP) is 1.91. The minimum atomic E-state index is -1.11. The highest BCUT2D eigenvalue weighted by molar-refractivity contribution is 8.18. The van der Waals surface area contributed by atoms with E-state index in [-0.39, 0.29) is 16.2 Å². The van der Waals surface area contributed by atoms with Gasteiger partial charge in [-0.25, -0.2) is 4.79 Å². The second kappa shape index (κ2) is 7.44. The van der Waals surface area contributed by atoms with Gasteiger partial charge in [0, 0.05) is 6.07 Å². The summed E-state index contributed by atoms with van der Waals surface area (Å²) in [5.74, 6) is -2.29. The van der Waals surface area contributed by atoms with Crippen molar-refractivity contribution >= 4 is 40.6 Å². The third kappa shape index (κ3) is 3.47. The number of phenols is 1. The number of hydrogen-bond acceptors (Lipinski definition) is 9. The summed E-state index contributed by atoms with van der Waals surface area (Å²) in [4.78, 5) is 47.0. The van der Waals surface area contributed by atoms with E-state index >= 15 is 0 Å². The Balaban J connectivity index is 2.43. The Hall–Kier alpha value is -3.08. The molecule has 0 saturated carbocycles. The molecule has 1 N–H and O–H groups in total. The number of ether oxygens (including phenoxy) is 2. The van der Waals surface area contributed by atoms with Gasteiger partial charge >= 0.3 is 11.7 Å². The average molecular weight is 382 g/mol. The third-order valence-corrected chi connectivity index (χ3v) is 4.43. The van der Waals surface area contributed by atoms with Crippen LogP contribution in [0, 0.1) is 10.1 Å². The summed E-state index contributed by atoms with van der Waals surface area (Å²) < 4.78 is 9.41. The number of amides is 2. The van der Waals surface area contributed by atoms with Crippen molar-refractivity contribution in [2.45, 2.75) is 13.0 Å². The first-order chi connectivity index (χ1) is 12.2. The van der Waals surface area contributed by atoms with Gasteiger partial charge in [0.2, 0.25) is 5.75 Å². The molecular formula is C15H14N2O8S. The molecule has 1 saturated heterocycles. The molecule has 1 heterocycles. The summed E-state index contributed by atoms with van der Waals surface area (Å²) in [5.41, 5.74) is -0.444. The standard InChI is InChI=1S/C15H14N2O8S/c1-7(14(20)25-3)16-13(19)11(26-15(16)21)6-8-4-9(17(22)23)12(18)10(5-8)24-2/h4-7,18H,1-3H3/b11-6+/t7-/m0/s1. The van der Waals surface area contributed by atoms with Gasteiger partial charge in [-0.1, -0.05) is 0 Å². The van der Waals surface area contributed by atoms with Gasteiger partial charge in [-0.15, -0.1) is 0 Å². The van der Waals surface area contributed by atoms with E-state index in [1.165, 1.54) is 26.2 Å². The van der Waals surface area contributed by atoms with E-state index < -0.39 is 39.5 Å². The molecular weight excluding hydrogens is 368 g/mol. The molecule has 0 radical (unpaired) electrons. The zero-order chi connectivity index (χ0) is 19.6. The third-order valence-electron chi connectivity index (χ3n) is 3.54. The Labute approximate surface area is 151 Å². The van der Waals surface area contributed by atoms with Gasteiger partial charge in [0.15, 0.2) is 5.75 Å². The van der Waals surface area contributed by atoms with Crippen LogP contribution in [0.5, 0.6) is 11.5 Å². The number of rotatable bonds is 5. The first-order valence-electron chi connectivity index (χ1n) is 7.11. The molecule has 11 heteroatoms. The van der Waals surface area contributed by atoms with Crippen molar-refractivity contribution in [3.63, 3.8) is 0 Å². The lowest BCUT2D eigenvalue weighted by molar-refractivity contribution is -0.386. The first-order valence-corrected chi connectivity index (χ1v) is 7.93. The number of nitrogens with zero attached hydrogens (tertiary/aromatic N) is 2. The fraction of sp³-hybridized carbons (Fsp3) is 0.267. The summed E-state index contributed by atoms with van der Waals surface area (Å²) >= 11 is 0.582. The van der Waals surface area contributed by atoms with Crippen molar-refractivity contribution < 1.29 is 33.9 Å². The number of carbonyl (C=O) groups excluding carboxylic acids is 3. The molecule has 1 aliphatic rings. The Bertz CT molecular complexity index is 835. The van der Waals surface area contributed by atoms with Crippen LogP contribution in [0.25, 0.3) is 6.08 Å². The monoisotopic (exact) mass is 382 g/mol. The van der Waals surface area contributed by atoms with Crippen molar-refractivity contribution in [2.24, 2.45) is 0 Å². The lowest BCUT2D eigenvalue weighted by Crippen LogP contribution is -2.42. The number of nitro benzene ring substituents is 1. The van der Waals surface area contributed by atoms with Gasteiger partial charge in [0.1, 0.15) is 6.04 Å². The number of thioether (sulfide) groups is 1. The van der Waals surface area contributed by atoms with E-state index in [4.69, 9.17) is 4.74 Å². The number of carbonyl (C=O) groups is 3. The van der Waals surface area contributed by atoms with E-state index in [1.807, 2.05) is 0 Å². The smallest absolute Gasteiger partial charge is 0.328 e. The average Bonchev–Trinajstić information content (AvgIpc) is 2.88. The summed E-state index contributed by atoms with van der Waals surface area (Å²) in [6, 6.07) is 1.21. The van der Waals surface area contributed by atoms with Crippen LogP contribution >= 0.6 is 11.8 Å². The van der Waals surface area contributed by atoms with Crippen molar-refractivity contribution in [1.82, 2.24) is 4.90 Å². The largest absolute Gasteiger partial charge is 0.500 e. The van der Waals surface area contributed by atoms with E-state index in [0.29, 0.717) is 11.8 Å². The molecule has 0 aliphatic carbocycles. The normalized spacial score (nSPS) is 16.7. The Morgan fingerprint density at radius 3 is 2.58 bits per heavy atom. The van der Waals surface area contributed by atoms with Crippen molar-refractivity contribution in [2.75, 3.05) is 14.2 Å². The van der Waals surface area contributed by atoms with Gasteiger partial charge in [-0.2, -0.15) is 0 Å². The maximum absolute atomic E-state index is 12.4. The molecule has 10 nitrogen and oxygen atoms in total. The molecule has 1 atom stereocenters. The van der Waals surface area contributed by atoms with Crippen LogP contribution in [0.3, 0.4) is 0 Å². The number of imide groups is 1. The van der Waals surface area contributed by atoms with Crippen LogP contribution in [0.15, 0.2) is 17.0 Å². The minimum absolute atomic E-state index is 0.0345. The lowest BCUT2D eigenvalue weighted by atomic mass is 10.1. The molecule has 26 heavy (non-hydrogen) atoms. The van der Waals surface area contributed by atoms with Crippen LogP contribution < -0.4 is 4.74 Å². The second-order valence-electron chi connectivity index (χ2n) is 5.10. The fourth-order valence-corrected chi connectivity index (χ4v) is 3.14. The predicted molar refractivity (Wildman–Crippen MR) is 90.6 cm³/mol. The van der Waals surface area contributed by atoms with E-state index in [0.717, 1.165) is 18.1 Å². The van der Waals surface area contributed by atoms with Crippen molar-refractivity contribution in [3.8, 4) is 11.5 Å². The number of phenolic OH excluding ortho intramolecular Hbond substituents is 1. The highest BCUT2D eigenvalue weighted by Gasteiger charge is 2.41. The summed E-state index contributed by atoms with van der Waals surface area (Å²) in [6.45, 7) is 1.35. The topological polar surface area (TPSA) is 136 Å². The SMILES string of the molecule is COC(=O)[C@H](C)N1C(=O)S/C(=C/c2cc(OC)c(O)c([N+](=O)[O-])c2)C1=O. The minimum Gasteiger partial charge on any atom is -0.500 e. The maximum Gasteiger partial charge on any atom is 0.328 e. The van der Waals surface area contributed by atoms with Gasteiger partial charge in [0.25, 0.3) is 11.1 Å². The van der Waals surface area contributed by atoms with Crippen LogP contribution in [0.1, 0.15) is 12.5 Å².